The van der Waals surface area contributed by atoms with Gasteiger partial charge in [0.1, 0.15) is 0 Å². The summed E-state index contributed by atoms with van der Waals surface area (Å²) in [6.45, 7) is 6.22. The highest BCUT2D eigenvalue weighted by Gasteiger charge is 2.12. The van der Waals surface area contributed by atoms with Crippen molar-refractivity contribution in [3.63, 3.8) is 0 Å². The van der Waals surface area contributed by atoms with Gasteiger partial charge in [0.15, 0.2) is 0 Å². The molecule has 0 aromatic rings. The third kappa shape index (κ3) is 4.94. The van der Waals surface area contributed by atoms with E-state index in [4.69, 9.17) is 5.73 Å². The minimum atomic E-state index is -0.199. The summed E-state index contributed by atoms with van der Waals surface area (Å²) < 4.78 is 0. The summed E-state index contributed by atoms with van der Waals surface area (Å²) in [5, 5.41) is 0. The molecule has 0 unspecified atom stereocenters. The Kier molecular flexibility index (Phi) is 5.43. The lowest BCUT2D eigenvalue weighted by Gasteiger charge is -2.16. The van der Waals surface area contributed by atoms with Crippen LogP contribution in [0.5, 0.6) is 0 Å². The Hall–Kier alpha value is -0.790. The van der Waals surface area contributed by atoms with E-state index in [1.807, 2.05) is 13.0 Å². The van der Waals surface area contributed by atoms with Crippen molar-refractivity contribution >= 4 is 5.91 Å². The molecule has 1 amide bonds. The third-order valence-corrected chi connectivity index (χ3v) is 2.24. The standard InChI is InChI=1S/C10H19NO/c1-4-5-6-8(2)9(3)7-10(11)12/h4-5,8-9H,6-7H2,1-3H3,(H2,11,12)/b5-4+/t8-,9+/m1/s1. The van der Waals surface area contributed by atoms with Gasteiger partial charge in [0, 0.05) is 6.42 Å². The Morgan fingerprint density at radius 3 is 2.42 bits per heavy atom. The number of amides is 1. The molecule has 0 aliphatic rings. The Morgan fingerprint density at radius 2 is 2.00 bits per heavy atom. The summed E-state index contributed by atoms with van der Waals surface area (Å²) in [4.78, 5) is 10.6. The van der Waals surface area contributed by atoms with Crippen molar-refractivity contribution in [3.8, 4) is 0 Å². The van der Waals surface area contributed by atoms with Gasteiger partial charge in [-0.05, 0) is 25.2 Å². The van der Waals surface area contributed by atoms with E-state index in [0.717, 1.165) is 6.42 Å². The van der Waals surface area contributed by atoms with Crippen LogP contribution in [0.25, 0.3) is 0 Å². The quantitative estimate of drug-likeness (QED) is 0.629. The molecule has 0 aromatic heterocycles. The maximum atomic E-state index is 10.6. The van der Waals surface area contributed by atoms with Crippen LogP contribution in [-0.2, 0) is 4.79 Å². The van der Waals surface area contributed by atoms with Gasteiger partial charge in [-0.1, -0.05) is 26.0 Å². The molecular formula is C10H19NO. The Balaban J connectivity index is 3.75. The van der Waals surface area contributed by atoms with Crippen LogP contribution in [0, 0.1) is 11.8 Å². The number of hydrogen-bond acceptors (Lipinski definition) is 1. The first-order chi connectivity index (χ1) is 5.57. The maximum Gasteiger partial charge on any atom is 0.217 e. The Bertz CT molecular complexity index is 163. The second-order valence-corrected chi connectivity index (χ2v) is 3.43. The summed E-state index contributed by atoms with van der Waals surface area (Å²) in [7, 11) is 0. The lowest BCUT2D eigenvalue weighted by Crippen LogP contribution is -2.18. The minimum absolute atomic E-state index is 0.199. The van der Waals surface area contributed by atoms with Gasteiger partial charge < -0.3 is 5.73 Å². The zero-order valence-electron chi connectivity index (χ0n) is 8.21. The largest absolute Gasteiger partial charge is 0.370 e. The minimum Gasteiger partial charge on any atom is -0.370 e. The normalized spacial score (nSPS) is 16.2. The van der Waals surface area contributed by atoms with E-state index in [2.05, 4.69) is 19.9 Å². The van der Waals surface area contributed by atoms with Gasteiger partial charge in [-0.15, -0.1) is 0 Å². The molecule has 0 aliphatic carbocycles. The molecule has 2 nitrogen and oxygen atoms in total. The number of nitrogens with two attached hydrogens (primary N) is 1. The second kappa shape index (κ2) is 5.81. The Morgan fingerprint density at radius 1 is 1.42 bits per heavy atom. The van der Waals surface area contributed by atoms with Crippen LogP contribution >= 0.6 is 0 Å². The van der Waals surface area contributed by atoms with Crippen LogP contribution < -0.4 is 5.73 Å². The number of rotatable bonds is 5. The lowest BCUT2D eigenvalue weighted by atomic mass is 9.90. The fourth-order valence-electron chi connectivity index (χ4n) is 1.10. The molecule has 2 heteroatoms. The van der Waals surface area contributed by atoms with Crippen LogP contribution in [0.1, 0.15) is 33.6 Å². The van der Waals surface area contributed by atoms with Crippen molar-refractivity contribution < 1.29 is 4.79 Å². The van der Waals surface area contributed by atoms with Crippen molar-refractivity contribution in [2.75, 3.05) is 0 Å². The monoisotopic (exact) mass is 169 g/mol. The second-order valence-electron chi connectivity index (χ2n) is 3.43. The van der Waals surface area contributed by atoms with Crippen LogP contribution in [0.15, 0.2) is 12.2 Å². The molecule has 0 fully saturated rings. The van der Waals surface area contributed by atoms with E-state index in [0.29, 0.717) is 18.3 Å². The smallest absolute Gasteiger partial charge is 0.217 e. The van der Waals surface area contributed by atoms with Crippen LogP contribution in [0.2, 0.25) is 0 Å². The van der Waals surface area contributed by atoms with E-state index < -0.39 is 0 Å². The molecule has 0 aromatic carbocycles. The number of hydrogen-bond donors (Lipinski definition) is 1. The SMILES string of the molecule is C/C=C/C[C@@H](C)[C@@H](C)CC(N)=O. The first kappa shape index (κ1) is 11.2. The lowest BCUT2D eigenvalue weighted by molar-refractivity contribution is -0.119. The van der Waals surface area contributed by atoms with Crippen molar-refractivity contribution in [1.29, 1.82) is 0 Å². The van der Waals surface area contributed by atoms with Gasteiger partial charge in [-0.25, -0.2) is 0 Å². The van der Waals surface area contributed by atoms with E-state index in [9.17, 15) is 4.79 Å². The molecule has 0 saturated carbocycles. The summed E-state index contributed by atoms with van der Waals surface area (Å²) in [6.07, 6.45) is 5.69. The molecule has 2 N–H and O–H groups in total. The molecule has 0 aliphatic heterocycles. The Labute approximate surface area is 74.8 Å². The number of carbonyl (C=O) groups excluding carboxylic acids is 1. The zero-order valence-corrected chi connectivity index (χ0v) is 8.21. The van der Waals surface area contributed by atoms with E-state index >= 15 is 0 Å². The molecule has 70 valence electrons. The van der Waals surface area contributed by atoms with Crippen molar-refractivity contribution in [3.05, 3.63) is 12.2 Å². The average Bonchev–Trinajstić information content (AvgIpc) is 1.98. The molecule has 0 radical (unpaired) electrons. The summed E-state index contributed by atoms with van der Waals surface area (Å²) >= 11 is 0. The van der Waals surface area contributed by atoms with Crippen LogP contribution in [0.3, 0.4) is 0 Å². The average molecular weight is 169 g/mol. The zero-order chi connectivity index (χ0) is 9.56. The maximum absolute atomic E-state index is 10.6. The number of allylic oxidation sites excluding steroid dienone is 2. The fourth-order valence-corrected chi connectivity index (χ4v) is 1.10. The summed E-state index contributed by atoms with van der Waals surface area (Å²) in [6, 6.07) is 0. The fraction of sp³-hybridized carbons (Fsp3) is 0.700. The first-order valence-corrected chi connectivity index (χ1v) is 4.47. The highest BCUT2D eigenvalue weighted by molar-refractivity contribution is 5.73. The molecule has 0 spiro atoms. The van der Waals surface area contributed by atoms with E-state index in [-0.39, 0.29) is 5.91 Å². The topological polar surface area (TPSA) is 43.1 Å². The molecular weight excluding hydrogens is 150 g/mol. The van der Waals surface area contributed by atoms with Gasteiger partial charge in [-0.3, -0.25) is 4.79 Å². The summed E-state index contributed by atoms with van der Waals surface area (Å²) in [5.41, 5.74) is 5.10. The van der Waals surface area contributed by atoms with Crippen LogP contribution in [-0.4, -0.2) is 5.91 Å². The van der Waals surface area contributed by atoms with Crippen LogP contribution in [0.4, 0.5) is 0 Å². The highest BCUT2D eigenvalue weighted by atomic mass is 16.1. The molecule has 12 heavy (non-hydrogen) atoms. The number of carbonyl (C=O) groups is 1. The predicted octanol–water partition coefficient (Wildman–Crippen LogP) is 2.10. The molecule has 0 rings (SSSR count). The van der Waals surface area contributed by atoms with Crippen molar-refractivity contribution in [2.45, 2.75) is 33.6 Å². The van der Waals surface area contributed by atoms with Gasteiger partial charge in [0.05, 0.1) is 0 Å². The van der Waals surface area contributed by atoms with E-state index in [1.165, 1.54) is 0 Å². The molecule has 2 atom stereocenters. The molecule has 0 heterocycles. The highest BCUT2D eigenvalue weighted by Crippen LogP contribution is 2.18. The molecule has 0 saturated heterocycles. The predicted molar refractivity (Wildman–Crippen MR) is 51.6 cm³/mol. The first-order valence-electron chi connectivity index (χ1n) is 4.47. The van der Waals surface area contributed by atoms with E-state index in [1.54, 1.807) is 0 Å². The van der Waals surface area contributed by atoms with Gasteiger partial charge >= 0.3 is 0 Å². The van der Waals surface area contributed by atoms with Crippen molar-refractivity contribution in [2.24, 2.45) is 17.6 Å². The van der Waals surface area contributed by atoms with Crippen molar-refractivity contribution in [1.82, 2.24) is 0 Å². The van der Waals surface area contributed by atoms with Gasteiger partial charge in [0.25, 0.3) is 0 Å². The van der Waals surface area contributed by atoms with Gasteiger partial charge in [0.2, 0.25) is 5.91 Å². The molecule has 0 bridgehead atoms. The number of primary amides is 1. The summed E-state index contributed by atoms with van der Waals surface area (Å²) in [5.74, 6) is 0.724. The third-order valence-electron chi connectivity index (χ3n) is 2.24. The van der Waals surface area contributed by atoms with Gasteiger partial charge in [-0.2, -0.15) is 0 Å².